The summed E-state index contributed by atoms with van der Waals surface area (Å²) in [7, 11) is 1.91. The molecule has 80 valence electrons. The first-order chi connectivity index (χ1) is 7.15. The normalized spacial score (nSPS) is 10.9. The van der Waals surface area contributed by atoms with Crippen molar-refractivity contribution in [2.24, 2.45) is 12.8 Å². The van der Waals surface area contributed by atoms with Gasteiger partial charge in [-0.05, 0) is 13.8 Å². The van der Waals surface area contributed by atoms with E-state index < -0.39 is 0 Å². The van der Waals surface area contributed by atoms with E-state index >= 15 is 0 Å². The van der Waals surface area contributed by atoms with Crippen molar-refractivity contribution in [3.05, 3.63) is 23.1 Å². The van der Waals surface area contributed by atoms with Crippen LogP contribution < -0.4 is 5.73 Å². The van der Waals surface area contributed by atoms with Crippen LogP contribution in [0.3, 0.4) is 0 Å². The van der Waals surface area contributed by atoms with E-state index in [1.807, 2.05) is 25.6 Å². The highest BCUT2D eigenvalue weighted by Crippen LogP contribution is 2.29. The molecule has 15 heavy (non-hydrogen) atoms. The van der Waals surface area contributed by atoms with Crippen LogP contribution in [-0.2, 0) is 13.6 Å². The van der Waals surface area contributed by atoms with Crippen LogP contribution in [0.25, 0.3) is 11.3 Å². The Balaban J connectivity index is 2.63. The summed E-state index contributed by atoms with van der Waals surface area (Å²) in [5, 5.41) is 8.10. The predicted octanol–water partition coefficient (Wildman–Crippen LogP) is 1.15. The Labute approximate surface area is 87.9 Å². The summed E-state index contributed by atoms with van der Waals surface area (Å²) in [6.07, 6.45) is 1.65. The van der Waals surface area contributed by atoms with Gasteiger partial charge in [-0.25, -0.2) is 0 Å². The van der Waals surface area contributed by atoms with Gasteiger partial charge in [0.15, 0.2) is 5.76 Å². The second-order valence-electron chi connectivity index (χ2n) is 3.55. The average molecular weight is 206 g/mol. The molecule has 0 bridgehead atoms. The fourth-order valence-electron chi connectivity index (χ4n) is 1.71. The molecule has 2 aromatic heterocycles. The molecule has 2 rings (SSSR count). The summed E-state index contributed by atoms with van der Waals surface area (Å²) in [4.78, 5) is 0. The van der Waals surface area contributed by atoms with E-state index in [-0.39, 0.29) is 0 Å². The van der Waals surface area contributed by atoms with Gasteiger partial charge in [0.2, 0.25) is 0 Å². The molecule has 0 aliphatic rings. The van der Waals surface area contributed by atoms with Gasteiger partial charge in [0.1, 0.15) is 0 Å². The molecule has 0 aliphatic heterocycles. The molecule has 0 aliphatic carbocycles. The lowest BCUT2D eigenvalue weighted by Crippen LogP contribution is -1.97. The third kappa shape index (κ3) is 1.45. The van der Waals surface area contributed by atoms with Crippen LogP contribution in [0, 0.1) is 13.8 Å². The number of aryl methyl sites for hydroxylation is 2. The highest BCUT2D eigenvalue weighted by molar-refractivity contribution is 5.65. The van der Waals surface area contributed by atoms with E-state index in [1.165, 1.54) is 0 Å². The van der Waals surface area contributed by atoms with Crippen molar-refractivity contribution in [2.45, 2.75) is 20.4 Å². The van der Waals surface area contributed by atoms with Gasteiger partial charge < -0.3 is 10.3 Å². The largest absolute Gasteiger partial charge is 0.356 e. The molecule has 5 nitrogen and oxygen atoms in total. The maximum Gasteiger partial charge on any atom is 0.175 e. The summed E-state index contributed by atoms with van der Waals surface area (Å²) in [5.74, 6) is 0.737. The number of rotatable bonds is 2. The molecule has 2 heterocycles. The molecule has 0 unspecified atom stereocenters. The zero-order chi connectivity index (χ0) is 11.0. The molecule has 0 spiro atoms. The number of hydrogen-bond donors (Lipinski definition) is 1. The third-order valence-electron chi connectivity index (χ3n) is 2.60. The van der Waals surface area contributed by atoms with Gasteiger partial charge in [-0.3, -0.25) is 4.68 Å². The Kier molecular flexibility index (Phi) is 2.32. The van der Waals surface area contributed by atoms with Gasteiger partial charge in [0.25, 0.3) is 0 Å². The smallest absolute Gasteiger partial charge is 0.175 e. The number of nitrogens with zero attached hydrogens (tertiary/aromatic N) is 3. The van der Waals surface area contributed by atoms with Crippen molar-refractivity contribution in [3.63, 3.8) is 0 Å². The van der Waals surface area contributed by atoms with Crippen LogP contribution >= 0.6 is 0 Å². The molecular weight excluding hydrogens is 192 g/mol. The minimum atomic E-state index is 0.423. The fraction of sp³-hybridized carbons (Fsp3) is 0.400. The van der Waals surface area contributed by atoms with E-state index in [2.05, 4.69) is 10.3 Å². The third-order valence-corrected chi connectivity index (χ3v) is 2.60. The summed E-state index contributed by atoms with van der Waals surface area (Å²) in [6, 6.07) is 0. The van der Waals surface area contributed by atoms with E-state index in [0.717, 1.165) is 28.3 Å². The van der Waals surface area contributed by atoms with E-state index in [0.29, 0.717) is 6.54 Å². The minimum absolute atomic E-state index is 0.423. The quantitative estimate of drug-likeness (QED) is 0.800. The van der Waals surface area contributed by atoms with Crippen LogP contribution in [0.1, 0.15) is 17.0 Å². The molecule has 0 aromatic carbocycles. The van der Waals surface area contributed by atoms with E-state index in [9.17, 15) is 0 Å². The van der Waals surface area contributed by atoms with Gasteiger partial charge in [-0.15, -0.1) is 0 Å². The lowest BCUT2D eigenvalue weighted by atomic mass is 10.1. The summed E-state index contributed by atoms with van der Waals surface area (Å²) in [5.41, 5.74) is 9.51. The van der Waals surface area contributed by atoms with Crippen molar-refractivity contribution >= 4 is 0 Å². The van der Waals surface area contributed by atoms with Gasteiger partial charge >= 0.3 is 0 Å². The van der Waals surface area contributed by atoms with Gasteiger partial charge in [-0.1, -0.05) is 5.16 Å². The number of aromatic nitrogens is 3. The topological polar surface area (TPSA) is 69.9 Å². The molecule has 0 radical (unpaired) electrons. The first-order valence-electron chi connectivity index (χ1n) is 4.79. The highest BCUT2D eigenvalue weighted by atomic mass is 16.5. The molecule has 2 aromatic rings. The van der Waals surface area contributed by atoms with Crippen LogP contribution in [-0.4, -0.2) is 14.9 Å². The van der Waals surface area contributed by atoms with Crippen molar-refractivity contribution in [3.8, 4) is 11.3 Å². The molecule has 2 N–H and O–H groups in total. The van der Waals surface area contributed by atoms with Crippen molar-refractivity contribution in [2.75, 3.05) is 0 Å². The van der Waals surface area contributed by atoms with Crippen LogP contribution in [0.2, 0.25) is 0 Å². The Morgan fingerprint density at radius 3 is 2.73 bits per heavy atom. The van der Waals surface area contributed by atoms with Crippen molar-refractivity contribution < 1.29 is 4.52 Å². The summed E-state index contributed by atoms with van der Waals surface area (Å²) < 4.78 is 7.06. The molecule has 0 saturated heterocycles. The maximum atomic E-state index is 5.61. The zero-order valence-electron chi connectivity index (χ0n) is 9.11. The standard InChI is InChI=1S/C10H14N4O/c1-6-9(7(2)14(3)13-6)10-8(4-11)5-12-15-10/h5H,4,11H2,1-3H3. The van der Waals surface area contributed by atoms with E-state index in [1.54, 1.807) is 6.20 Å². The van der Waals surface area contributed by atoms with Crippen LogP contribution in [0.5, 0.6) is 0 Å². The lowest BCUT2D eigenvalue weighted by molar-refractivity contribution is 0.431. The molecule has 0 amide bonds. The molecule has 0 atom stereocenters. The van der Waals surface area contributed by atoms with Crippen LogP contribution in [0.4, 0.5) is 0 Å². The maximum absolute atomic E-state index is 5.61. The fourth-order valence-corrected chi connectivity index (χ4v) is 1.71. The monoisotopic (exact) mass is 206 g/mol. The lowest BCUT2D eigenvalue weighted by Gasteiger charge is -1.99. The Morgan fingerprint density at radius 1 is 1.47 bits per heavy atom. The number of nitrogens with two attached hydrogens (primary N) is 1. The molecular formula is C10H14N4O. The summed E-state index contributed by atoms with van der Waals surface area (Å²) in [6.45, 7) is 4.37. The van der Waals surface area contributed by atoms with Crippen molar-refractivity contribution in [1.29, 1.82) is 0 Å². The SMILES string of the molecule is Cc1nn(C)c(C)c1-c1oncc1CN. The second kappa shape index (κ2) is 3.51. The predicted molar refractivity (Wildman–Crippen MR) is 56.1 cm³/mol. The minimum Gasteiger partial charge on any atom is -0.356 e. The second-order valence-corrected chi connectivity index (χ2v) is 3.55. The Bertz CT molecular complexity index is 484. The van der Waals surface area contributed by atoms with Crippen molar-refractivity contribution in [1.82, 2.24) is 14.9 Å². The summed E-state index contributed by atoms with van der Waals surface area (Å²) >= 11 is 0. The van der Waals surface area contributed by atoms with Gasteiger partial charge in [0, 0.05) is 24.8 Å². The Hall–Kier alpha value is -1.62. The van der Waals surface area contributed by atoms with Crippen LogP contribution in [0.15, 0.2) is 10.7 Å². The zero-order valence-corrected chi connectivity index (χ0v) is 9.11. The Morgan fingerprint density at radius 2 is 2.20 bits per heavy atom. The van der Waals surface area contributed by atoms with E-state index in [4.69, 9.17) is 10.3 Å². The highest BCUT2D eigenvalue weighted by Gasteiger charge is 2.18. The average Bonchev–Trinajstić information content (AvgIpc) is 2.73. The first-order valence-corrected chi connectivity index (χ1v) is 4.79. The number of hydrogen-bond acceptors (Lipinski definition) is 4. The molecule has 0 fully saturated rings. The van der Waals surface area contributed by atoms with Gasteiger partial charge in [-0.2, -0.15) is 5.10 Å². The van der Waals surface area contributed by atoms with Gasteiger partial charge in [0.05, 0.1) is 17.5 Å². The molecule has 5 heteroatoms. The first kappa shape index (κ1) is 9.92. The molecule has 0 saturated carbocycles.